The molecule has 4 rings (SSSR count). The van der Waals surface area contributed by atoms with Crippen molar-refractivity contribution in [1.82, 2.24) is 13.9 Å². The van der Waals surface area contributed by atoms with Crippen LogP contribution in [0.4, 0.5) is 4.39 Å². The van der Waals surface area contributed by atoms with Crippen LogP contribution in [0.2, 0.25) is 0 Å². The van der Waals surface area contributed by atoms with E-state index in [-0.39, 0.29) is 17.7 Å². The Morgan fingerprint density at radius 1 is 1.21 bits per heavy atom. The number of pyridine rings is 1. The molecule has 0 radical (unpaired) electrons. The van der Waals surface area contributed by atoms with Gasteiger partial charge in [0.1, 0.15) is 6.10 Å². The highest BCUT2D eigenvalue weighted by atomic mass is 32.2. The summed E-state index contributed by atoms with van der Waals surface area (Å²) in [5.41, 5.74) is 0.909. The minimum atomic E-state index is -3.34. The molecule has 24 heavy (non-hydrogen) atoms. The van der Waals surface area contributed by atoms with Crippen LogP contribution in [0, 0.1) is 5.82 Å². The van der Waals surface area contributed by atoms with Crippen LogP contribution in [0.25, 0.3) is 0 Å². The monoisotopic (exact) mass is 351 g/mol. The minimum absolute atomic E-state index is 0.0955. The molecule has 3 heterocycles. The van der Waals surface area contributed by atoms with Gasteiger partial charge in [-0.05, 0) is 37.1 Å². The summed E-state index contributed by atoms with van der Waals surface area (Å²) in [4.78, 5) is 3.91. The van der Waals surface area contributed by atoms with Gasteiger partial charge < -0.3 is 9.30 Å². The lowest BCUT2D eigenvalue weighted by Gasteiger charge is -2.24. The molecule has 1 atom stereocenters. The molecular weight excluding hydrogens is 333 g/mol. The van der Waals surface area contributed by atoms with Gasteiger partial charge in [-0.2, -0.15) is 4.31 Å². The number of halogens is 1. The lowest BCUT2D eigenvalue weighted by Crippen LogP contribution is -2.40. The predicted molar refractivity (Wildman–Crippen MR) is 85.4 cm³/mol. The summed E-state index contributed by atoms with van der Waals surface area (Å²) in [6, 6.07) is 6.54. The van der Waals surface area contributed by atoms with E-state index < -0.39 is 21.9 Å². The molecule has 0 aromatic carbocycles. The largest absolute Gasteiger partial charge is 0.469 e. The summed E-state index contributed by atoms with van der Waals surface area (Å²) in [7, 11) is -3.34. The van der Waals surface area contributed by atoms with Crippen LogP contribution in [-0.2, 0) is 23.1 Å². The second kappa shape index (κ2) is 5.86. The molecule has 1 aliphatic carbocycles. The van der Waals surface area contributed by atoms with Crippen LogP contribution in [0.1, 0.15) is 18.5 Å². The highest BCUT2D eigenvalue weighted by Gasteiger charge is 2.42. The molecule has 2 aromatic heterocycles. The van der Waals surface area contributed by atoms with Crippen LogP contribution < -0.4 is 4.74 Å². The standard InChI is InChI=1S/C16H18FN3O3S/c17-15-4-1-7-18-16(15)23-13-10-19-8-2-3-12(19)9-20(11-13)24(21,22)14-5-6-14/h1-4,7-8,13-14H,5-6,9-11H2. The molecule has 1 fully saturated rings. The molecule has 8 heteroatoms. The van der Waals surface area contributed by atoms with E-state index in [4.69, 9.17) is 4.74 Å². The lowest BCUT2D eigenvalue weighted by atomic mass is 10.3. The highest BCUT2D eigenvalue weighted by molar-refractivity contribution is 7.90. The Kier molecular flexibility index (Phi) is 3.80. The quantitative estimate of drug-likeness (QED) is 0.842. The molecule has 1 aliphatic heterocycles. The Bertz CT molecular complexity index is 848. The van der Waals surface area contributed by atoms with E-state index in [2.05, 4.69) is 4.98 Å². The third-order valence-corrected chi connectivity index (χ3v) is 6.69. The van der Waals surface area contributed by atoms with Crippen molar-refractivity contribution < 1.29 is 17.5 Å². The first-order valence-corrected chi connectivity index (χ1v) is 9.44. The minimum Gasteiger partial charge on any atom is -0.469 e. The highest BCUT2D eigenvalue weighted by Crippen LogP contribution is 2.33. The van der Waals surface area contributed by atoms with Crippen molar-refractivity contribution in [3.05, 3.63) is 48.2 Å². The average Bonchev–Trinajstić information content (AvgIpc) is 3.35. The van der Waals surface area contributed by atoms with Crippen LogP contribution in [0.5, 0.6) is 5.88 Å². The predicted octanol–water partition coefficient (Wildman–Crippen LogP) is 1.78. The van der Waals surface area contributed by atoms with Gasteiger partial charge in [-0.15, -0.1) is 0 Å². The first-order valence-electron chi connectivity index (χ1n) is 7.94. The van der Waals surface area contributed by atoms with Gasteiger partial charge in [0, 0.05) is 18.1 Å². The van der Waals surface area contributed by atoms with E-state index in [1.807, 2.05) is 22.9 Å². The first kappa shape index (κ1) is 15.6. The summed E-state index contributed by atoms with van der Waals surface area (Å²) < 4.78 is 48.3. The van der Waals surface area contributed by atoms with E-state index in [0.717, 1.165) is 5.69 Å². The number of nitrogens with zero attached hydrogens (tertiary/aromatic N) is 3. The summed E-state index contributed by atoms with van der Waals surface area (Å²) in [5, 5.41) is -0.286. The van der Waals surface area contributed by atoms with Gasteiger partial charge in [0.15, 0.2) is 5.82 Å². The Morgan fingerprint density at radius 2 is 2.04 bits per heavy atom. The first-order chi connectivity index (χ1) is 11.5. The van der Waals surface area contributed by atoms with E-state index in [1.54, 1.807) is 0 Å². The van der Waals surface area contributed by atoms with Crippen LogP contribution >= 0.6 is 0 Å². The summed E-state index contributed by atoms with van der Waals surface area (Å²) in [6.45, 7) is 0.960. The van der Waals surface area contributed by atoms with Crippen LogP contribution in [0.15, 0.2) is 36.7 Å². The molecule has 1 saturated carbocycles. The van der Waals surface area contributed by atoms with Gasteiger partial charge in [-0.3, -0.25) is 0 Å². The van der Waals surface area contributed by atoms with Crippen molar-refractivity contribution in [3.63, 3.8) is 0 Å². The van der Waals surface area contributed by atoms with Crippen molar-refractivity contribution >= 4 is 10.0 Å². The zero-order valence-corrected chi connectivity index (χ0v) is 13.8. The number of aromatic nitrogens is 2. The lowest BCUT2D eigenvalue weighted by molar-refractivity contribution is 0.147. The maximum atomic E-state index is 13.8. The fourth-order valence-electron chi connectivity index (χ4n) is 2.98. The molecule has 0 amide bonds. The number of ether oxygens (including phenoxy) is 1. The normalized spacial score (nSPS) is 22.0. The third kappa shape index (κ3) is 2.91. The Hall–Kier alpha value is -1.93. The maximum Gasteiger partial charge on any atom is 0.250 e. The van der Waals surface area contributed by atoms with E-state index >= 15 is 0 Å². The van der Waals surface area contributed by atoms with E-state index in [0.29, 0.717) is 25.9 Å². The summed E-state index contributed by atoms with van der Waals surface area (Å²) in [6.07, 6.45) is 4.25. The van der Waals surface area contributed by atoms with Gasteiger partial charge in [0.05, 0.1) is 24.9 Å². The fourth-order valence-corrected chi connectivity index (χ4v) is 4.82. The van der Waals surface area contributed by atoms with Gasteiger partial charge >= 0.3 is 0 Å². The van der Waals surface area contributed by atoms with Gasteiger partial charge in [-0.1, -0.05) is 0 Å². The topological polar surface area (TPSA) is 64.4 Å². The Balaban J connectivity index is 1.63. The van der Waals surface area contributed by atoms with Crippen LogP contribution in [-0.4, -0.2) is 40.2 Å². The number of hydrogen-bond donors (Lipinski definition) is 0. The van der Waals surface area contributed by atoms with Gasteiger partial charge in [0.2, 0.25) is 10.0 Å². The smallest absolute Gasteiger partial charge is 0.250 e. The number of rotatable bonds is 4. The summed E-state index contributed by atoms with van der Waals surface area (Å²) in [5.74, 6) is -0.645. The molecule has 2 aromatic rings. The maximum absolute atomic E-state index is 13.8. The van der Waals surface area contributed by atoms with E-state index in [1.165, 1.54) is 22.6 Å². The molecule has 0 saturated heterocycles. The van der Waals surface area contributed by atoms with Crippen molar-refractivity contribution in [3.8, 4) is 5.88 Å². The second-order valence-corrected chi connectivity index (χ2v) is 8.43. The van der Waals surface area contributed by atoms with Crippen molar-refractivity contribution in [2.75, 3.05) is 6.54 Å². The number of sulfonamides is 1. The van der Waals surface area contributed by atoms with Gasteiger partial charge in [-0.25, -0.2) is 17.8 Å². The molecule has 1 unspecified atom stereocenters. The van der Waals surface area contributed by atoms with E-state index in [9.17, 15) is 12.8 Å². The van der Waals surface area contributed by atoms with Crippen molar-refractivity contribution in [2.45, 2.75) is 37.3 Å². The molecule has 2 aliphatic rings. The van der Waals surface area contributed by atoms with Crippen molar-refractivity contribution in [1.29, 1.82) is 0 Å². The third-order valence-electron chi connectivity index (χ3n) is 4.38. The molecule has 0 N–H and O–H groups in total. The number of fused-ring (bicyclic) bond motifs is 1. The Labute approximate surface area is 139 Å². The average molecular weight is 351 g/mol. The fraction of sp³-hybridized carbons (Fsp3) is 0.438. The summed E-state index contributed by atoms with van der Waals surface area (Å²) >= 11 is 0. The van der Waals surface area contributed by atoms with Crippen molar-refractivity contribution in [2.24, 2.45) is 0 Å². The number of hydrogen-bond acceptors (Lipinski definition) is 4. The second-order valence-electron chi connectivity index (χ2n) is 6.22. The SMILES string of the molecule is O=S(=O)(C1CC1)N1Cc2cccn2CC(Oc2ncccc2F)C1. The van der Waals surface area contributed by atoms with Gasteiger partial charge in [0.25, 0.3) is 5.88 Å². The Morgan fingerprint density at radius 3 is 2.79 bits per heavy atom. The molecule has 0 spiro atoms. The molecule has 0 bridgehead atoms. The molecular formula is C16H18FN3O3S. The zero-order chi connectivity index (χ0) is 16.7. The molecule has 128 valence electrons. The zero-order valence-electron chi connectivity index (χ0n) is 13.0. The molecule has 6 nitrogen and oxygen atoms in total. The van der Waals surface area contributed by atoms with Crippen LogP contribution in [0.3, 0.4) is 0 Å².